The van der Waals surface area contributed by atoms with Crippen molar-refractivity contribution >= 4 is 11.9 Å². The molecule has 7 heteroatoms. The fraction of sp³-hybridized carbons (Fsp3) is 0.542. The van der Waals surface area contributed by atoms with Crippen LogP contribution in [0.4, 0.5) is 0 Å². The number of rotatable bonds is 7. The topological polar surface area (TPSA) is 78.0 Å². The number of carbonyl (C=O) groups is 2. The SMILES string of the molecule is COCCOC(=O)C1=C(C)N(C2CCCCC2)C(C)=C(C(=O)OC)C1c1cccnc1. The first-order chi connectivity index (χ1) is 15.0. The third-order valence-corrected chi connectivity index (χ3v) is 6.18. The Morgan fingerprint density at radius 3 is 2.29 bits per heavy atom. The van der Waals surface area contributed by atoms with Crippen molar-refractivity contribution in [2.24, 2.45) is 0 Å². The Morgan fingerprint density at radius 2 is 1.71 bits per heavy atom. The van der Waals surface area contributed by atoms with E-state index in [2.05, 4.69) is 9.88 Å². The summed E-state index contributed by atoms with van der Waals surface area (Å²) in [4.78, 5) is 32.7. The van der Waals surface area contributed by atoms with Crippen molar-refractivity contribution in [3.63, 3.8) is 0 Å². The number of hydrogen-bond acceptors (Lipinski definition) is 7. The summed E-state index contributed by atoms with van der Waals surface area (Å²) < 4.78 is 15.7. The number of aromatic nitrogens is 1. The molecule has 0 bridgehead atoms. The van der Waals surface area contributed by atoms with Gasteiger partial charge in [0, 0.05) is 36.9 Å². The van der Waals surface area contributed by atoms with Gasteiger partial charge in [-0.3, -0.25) is 4.98 Å². The van der Waals surface area contributed by atoms with E-state index >= 15 is 0 Å². The van der Waals surface area contributed by atoms with Crippen LogP contribution in [0.2, 0.25) is 0 Å². The van der Waals surface area contributed by atoms with Gasteiger partial charge in [-0.15, -0.1) is 0 Å². The highest BCUT2D eigenvalue weighted by atomic mass is 16.6. The molecule has 0 radical (unpaired) electrons. The highest BCUT2D eigenvalue weighted by Gasteiger charge is 2.42. The third kappa shape index (κ3) is 4.82. The minimum absolute atomic E-state index is 0.144. The standard InChI is InChI=1S/C24H32N2O5/c1-16-20(23(27)30-4)22(18-9-8-12-25-15-18)21(24(28)31-14-13-29-3)17(2)26(16)19-10-6-5-7-11-19/h8-9,12,15,19,22H,5-7,10-11,13-14H2,1-4H3. The molecule has 1 fully saturated rings. The number of esters is 2. The molecular formula is C24H32N2O5. The lowest BCUT2D eigenvalue weighted by Gasteiger charge is -2.43. The van der Waals surface area contributed by atoms with Crippen LogP contribution in [0.15, 0.2) is 47.1 Å². The van der Waals surface area contributed by atoms with Crippen LogP contribution in [0.3, 0.4) is 0 Å². The Bertz CT molecular complexity index is 856. The van der Waals surface area contributed by atoms with Crippen molar-refractivity contribution in [3.8, 4) is 0 Å². The molecular weight excluding hydrogens is 396 g/mol. The number of pyridine rings is 1. The summed E-state index contributed by atoms with van der Waals surface area (Å²) in [5.74, 6) is -1.49. The summed E-state index contributed by atoms with van der Waals surface area (Å²) in [7, 11) is 2.93. The molecule has 3 rings (SSSR count). The van der Waals surface area contributed by atoms with Crippen molar-refractivity contribution in [1.29, 1.82) is 0 Å². The fourth-order valence-corrected chi connectivity index (χ4v) is 4.78. The maximum atomic E-state index is 13.3. The molecule has 2 aliphatic rings. The van der Waals surface area contributed by atoms with E-state index in [4.69, 9.17) is 14.2 Å². The van der Waals surface area contributed by atoms with E-state index in [0.717, 1.165) is 42.6 Å². The van der Waals surface area contributed by atoms with Crippen LogP contribution in [0.1, 0.15) is 57.4 Å². The molecule has 2 heterocycles. The van der Waals surface area contributed by atoms with Crippen LogP contribution in [-0.2, 0) is 23.8 Å². The van der Waals surface area contributed by atoms with Crippen molar-refractivity contribution in [3.05, 3.63) is 52.6 Å². The molecule has 1 saturated carbocycles. The number of methoxy groups -OCH3 is 2. The lowest BCUT2D eigenvalue weighted by Crippen LogP contribution is -2.41. The Balaban J connectivity index is 2.15. The average Bonchev–Trinajstić information content (AvgIpc) is 2.79. The zero-order valence-corrected chi connectivity index (χ0v) is 18.8. The van der Waals surface area contributed by atoms with Crippen LogP contribution in [0, 0.1) is 0 Å². The molecule has 168 valence electrons. The largest absolute Gasteiger partial charge is 0.466 e. The molecule has 31 heavy (non-hydrogen) atoms. The minimum atomic E-state index is -0.601. The first kappa shape index (κ1) is 23.0. The summed E-state index contributed by atoms with van der Waals surface area (Å²) in [5.41, 5.74) is 3.33. The molecule has 0 saturated heterocycles. The van der Waals surface area contributed by atoms with E-state index in [1.807, 2.05) is 19.9 Å². The van der Waals surface area contributed by atoms with Crippen molar-refractivity contribution < 1.29 is 23.8 Å². The normalized spacial score (nSPS) is 20.1. The van der Waals surface area contributed by atoms with E-state index in [0.29, 0.717) is 17.8 Å². The zero-order valence-electron chi connectivity index (χ0n) is 18.8. The maximum absolute atomic E-state index is 13.3. The van der Waals surface area contributed by atoms with E-state index < -0.39 is 17.9 Å². The monoisotopic (exact) mass is 428 g/mol. The van der Waals surface area contributed by atoms with E-state index in [9.17, 15) is 9.59 Å². The Morgan fingerprint density at radius 1 is 1.03 bits per heavy atom. The van der Waals surface area contributed by atoms with Gasteiger partial charge in [0.25, 0.3) is 0 Å². The number of hydrogen-bond donors (Lipinski definition) is 0. The van der Waals surface area contributed by atoms with E-state index in [1.54, 1.807) is 25.6 Å². The van der Waals surface area contributed by atoms with Gasteiger partial charge in [0.1, 0.15) is 6.61 Å². The number of ether oxygens (including phenoxy) is 3. The molecule has 1 aromatic rings. The molecule has 1 aliphatic heterocycles. The number of nitrogens with zero attached hydrogens (tertiary/aromatic N) is 2. The van der Waals surface area contributed by atoms with Gasteiger partial charge in [-0.05, 0) is 38.3 Å². The molecule has 1 aromatic heterocycles. The van der Waals surface area contributed by atoms with Crippen LogP contribution >= 0.6 is 0 Å². The summed E-state index contributed by atoms with van der Waals surface area (Å²) >= 11 is 0. The minimum Gasteiger partial charge on any atom is -0.466 e. The van der Waals surface area contributed by atoms with Crippen LogP contribution < -0.4 is 0 Å². The van der Waals surface area contributed by atoms with Gasteiger partial charge in [-0.25, -0.2) is 9.59 Å². The molecule has 1 aliphatic carbocycles. The van der Waals surface area contributed by atoms with Gasteiger partial charge in [0.05, 0.1) is 30.8 Å². The van der Waals surface area contributed by atoms with Gasteiger partial charge >= 0.3 is 11.9 Å². The second-order valence-electron chi connectivity index (χ2n) is 8.00. The van der Waals surface area contributed by atoms with Gasteiger partial charge < -0.3 is 19.1 Å². The predicted molar refractivity (Wildman–Crippen MR) is 116 cm³/mol. The predicted octanol–water partition coefficient (Wildman–Crippen LogP) is 3.72. The van der Waals surface area contributed by atoms with Gasteiger partial charge in [0.2, 0.25) is 0 Å². The zero-order chi connectivity index (χ0) is 22.4. The fourth-order valence-electron chi connectivity index (χ4n) is 4.78. The lowest BCUT2D eigenvalue weighted by atomic mass is 9.79. The number of carbonyl (C=O) groups excluding carboxylic acids is 2. The van der Waals surface area contributed by atoms with Crippen molar-refractivity contribution in [1.82, 2.24) is 9.88 Å². The Labute approximate surface area is 184 Å². The second-order valence-corrected chi connectivity index (χ2v) is 8.00. The summed E-state index contributed by atoms with van der Waals surface area (Å²) in [5, 5.41) is 0. The van der Waals surface area contributed by atoms with Crippen LogP contribution in [-0.4, -0.2) is 55.3 Å². The molecule has 0 spiro atoms. The molecule has 0 N–H and O–H groups in total. The highest BCUT2D eigenvalue weighted by Crippen LogP contribution is 2.44. The first-order valence-corrected chi connectivity index (χ1v) is 10.9. The average molecular weight is 429 g/mol. The van der Waals surface area contributed by atoms with Crippen LogP contribution in [0.5, 0.6) is 0 Å². The van der Waals surface area contributed by atoms with Crippen molar-refractivity contribution in [2.75, 3.05) is 27.4 Å². The molecule has 0 aromatic carbocycles. The molecule has 7 nitrogen and oxygen atoms in total. The van der Waals surface area contributed by atoms with Crippen molar-refractivity contribution in [2.45, 2.75) is 57.9 Å². The molecule has 0 amide bonds. The Hall–Kier alpha value is -2.67. The van der Waals surface area contributed by atoms with Gasteiger partial charge in [-0.2, -0.15) is 0 Å². The summed E-state index contributed by atoms with van der Waals surface area (Å²) in [6, 6.07) is 3.92. The maximum Gasteiger partial charge on any atom is 0.336 e. The summed E-state index contributed by atoms with van der Waals surface area (Å²) in [6.07, 6.45) is 8.88. The smallest absolute Gasteiger partial charge is 0.336 e. The van der Waals surface area contributed by atoms with Crippen LogP contribution in [0.25, 0.3) is 0 Å². The lowest BCUT2D eigenvalue weighted by molar-refractivity contribution is -0.140. The highest BCUT2D eigenvalue weighted by molar-refractivity contribution is 5.99. The van der Waals surface area contributed by atoms with Gasteiger partial charge in [0.15, 0.2) is 0 Å². The molecule has 1 unspecified atom stereocenters. The third-order valence-electron chi connectivity index (χ3n) is 6.18. The second kappa shape index (κ2) is 10.6. The van der Waals surface area contributed by atoms with E-state index in [1.165, 1.54) is 13.5 Å². The van der Waals surface area contributed by atoms with Gasteiger partial charge in [-0.1, -0.05) is 25.3 Å². The molecule has 1 atom stereocenters. The van der Waals surface area contributed by atoms with E-state index in [-0.39, 0.29) is 12.6 Å². The summed E-state index contributed by atoms with van der Waals surface area (Å²) in [6.45, 7) is 4.34. The first-order valence-electron chi connectivity index (χ1n) is 10.9. The number of allylic oxidation sites excluding steroid dienone is 2. The quantitative estimate of drug-likeness (QED) is 0.484. The Kier molecular flexibility index (Phi) is 7.85.